The van der Waals surface area contributed by atoms with Crippen LogP contribution >= 0.6 is 34.3 Å². The van der Waals surface area contributed by atoms with Gasteiger partial charge in [-0.15, -0.1) is 11.3 Å². The van der Waals surface area contributed by atoms with Crippen LogP contribution in [0.2, 0.25) is 4.34 Å². The first kappa shape index (κ1) is 15.7. The van der Waals surface area contributed by atoms with Gasteiger partial charge >= 0.3 is 0 Å². The highest BCUT2D eigenvalue weighted by molar-refractivity contribution is 7.18. The van der Waals surface area contributed by atoms with Crippen LogP contribution in [-0.4, -0.2) is 23.1 Å². The number of hydrogen-bond acceptors (Lipinski definition) is 4. The first-order valence-electron chi connectivity index (χ1n) is 7.25. The smallest absolute Gasteiger partial charge is 0.223 e. The zero-order chi connectivity index (χ0) is 15.5. The average Bonchev–Trinajstić information content (AvgIpc) is 3.23. The summed E-state index contributed by atoms with van der Waals surface area (Å²) in [6.07, 6.45) is 2.56. The monoisotopic (exact) mass is 353 g/mol. The minimum absolute atomic E-state index is 0.00321. The normalized spacial score (nSPS) is 17.9. The predicted molar refractivity (Wildman–Crippen MR) is 90.9 cm³/mol. The number of Topliss-reactive ketones (excluding diaryl/α,β-unsaturated/α-hetero) is 1. The van der Waals surface area contributed by atoms with Crippen molar-refractivity contribution in [3.63, 3.8) is 0 Å². The van der Waals surface area contributed by atoms with Crippen molar-refractivity contribution >= 4 is 46.0 Å². The van der Waals surface area contributed by atoms with Crippen molar-refractivity contribution in [3.05, 3.63) is 43.7 Å². The summed E-state index contributed by atoms with van der Waals surface area (Å²) in [5.74, 6) is 0.0706. The fourth-order valence-corrected chi connectivity index (χ4v) is 4.55. The molecule has 1 fully saturated rings. The highest BCUT2D eigenvalue weighted by Gasteiger charge is 2.30. The van der Waals surface area contributed by atoms with E-state index in [4.69, 9.17) is 11.6 Å². The Morgan fingerprint density at radius 2 is 2.14 bits per heavy atom. The van der Waals surface area contributed by atoms with Crippen LogP contribution in [0.25, 0.3) is 0 Å². The van der Waals surface area contributed by atoms with Crippen LogP contribution < -0.4 is 0 Å². The van der Waals surface area contributed by atoms with Gasteiger partial charge in [-0.3, -0.25) is 9.59 Å². The van der Waals surface area contributed by atoms with E-state index in [0.29, 0.717) is 9.21 Å². The summed E-state index contributed by atoms with van der Waals surface area (Å²) < 4.78 is 0.603. The zero-order valence-corrected chi connectivity index (χ0v) is 14.3. The van der Waals surface area contributed by atoms with Gasteiger partial charge in [0, 0.05) is 19.4 Å². The molecule has 0 saturated carbocycles. The van der Waals surface area contributed by atoms with Crippen LogP contribution in [0.3, 0.4) is 0 Å². The fraction of sp³-hybridized carbons (Fsp3) is 0.375. The van der Waals surface area contributed by atoms with Gasteiger partial charge in [-0.1, -0.05) is 11.6 Å². The minimum atomic E-state index is -0.00321. The maximum Gasteiger partial charge on any atom is 0.223 e. The van der Waals surface area contributed by atoms with E-state index < -0.39 is 0 Å². The van der Waals surface area contributed by atoms with Crippen LogP contribution in [0.15, 0.2) is 29.0 Å². The molecule has 3 rings (SSSR count). The van der Waals surface area contributed by atoms with Crippen molar-refractivity contribution in [2.45, 2.75) is 31.7 Å². The van der Waals surface area contributed by atoms with Crippen molar-refractivity contribution in [2.75, 3.05) is 6.54 Å². The summed E-state index contributed by atoms with van der Waals surface area (Å²) in [5.41, 5.74) is 1.22. The number of ketones is 1. The summed E-state index contributed by atoms with van der Waals surface area (Å²) in [5, 5.41) is 4.15. The number of amides is 1. The third-order valence-corrected chi connectivity index (χ3v) is 5.89. The molecule has 2 aromatic heterocycles. The van der Waals surface area contributed by atoms with Gasteiger partial charge in [0.2, 0.25) is 5.91 Å². The standard InChI is InChI=1S/C16H16ClNO2S2/c17-15-5-4-14(22-15)13(19)3-6-16(20)18-8-1-2-12(18)11-7-9-21-10-11/h4-5,7,9-10,12H,1-3,6,8H2. The maximum atomic E-state index is 12.4. The van der Waals surface area contributed by atoms with Crippen molar-refractivity contribution in [3.8, 4) is 0 Å². The highest BCUT2D eigenvalue weighted by atomic mass is 35.5. The first-order chi connectivity index (χ1) is 10.6. The molecule has 0 aliphatic carbocycles. The number of rotatable bonds is 5. The Kier molecular flexibility index (Phi) is 4.96. The molecule has 1 aliphatic rings. The van der Waals surface area contributed by atoms with Crippen molar-refractivity contribution in [2.24, 2.45) is 0 Å². The second-order valence-electron chi connectivity index (χ2n) is 5.33. The molecule has 0 spiro atoms. The molecule has 0 radical (unpaired) electrons. The second kappa shape index (κ2) is 6.94. The van der Waals surface area contributed by atoms with Crippen molar-refractivity contribution < 1.29 is 9.59 Å². The van der Waals surface area contributed by atoms with Crippen LogP contribution in [0.5, 0.6) is 0 Å². The SMILES string of the molecule is O=C(CCC(=O)N1CCCC1c1ccsc1)c1ccc(Cl)s1. The summed E-state index contributed by atoms with van der Waals surface area (Å²) in [6.45, 7) is 0.790. The Balaban J connectivity index is 1.58. The van der Waals surface area contributed by atoms with Crippen molar-refractivity contribution in [1.29, 1.82) is 0 Å². The van der Waals surface area contributed by atoms with Crippen LogP contribution in [-0.2, 0) is 4.79 Å². The molecular weight excluding hydrogens is 338 g/mol. The molecule has 6 heteroatoms. The summed E-state index contributed by atoms with van der Waals surface area (Å²) >= 11 is 8.76. The number of likely N-dealkylation sites (tertiary alicyclic amines) is 1. The minimum Gasteiger partial charge on any atom is -0.336 e. The molecular formula is C16H16ClNO2S2. The maximum absolute atomic E-state index is 12.4. The second-order valence-corrected chi connectivity index (χ2v) is 7.82. The summed E-state index contributed by atoms with van der Waals surface area (Å²) in [6, 6.07) is 5.71. The van der Waals surface area contributed by atoms with Gasteiger partial charge in [0.1, 0.15) is 0 Å². The van der Waals surface area contributed by atoms with E-state index in [1.54, 1.807) is 23.5 Å². The number of carbonyl (C=O) groups is 2. The van der Waals surface area contributed by atoms with E-state index in [1.807, 2.05) is 10.3 Å². The van der Waals surface area contributed by atoms with E-state index in [0.717, 1.165) is 19.4 Å². The Hall–Kier alpha value is -1.17. The quantitative estimate of drug-likeness (QED) is 0.725. The largest absolute Gasteiger partial charge is 0.336 e. The van der Waals surface area contributed by atoms with E-state index >= 15 is 0 Å². The third kappa shape index (κ3) is 3.42. The fourth-order valence-electron chi connectivity index (χ4n) is 2.83. The van der Waals surface area contributed by atoms with Gasteiger partial charge in [0.25, 0.3) is 0 Å². The Labute approximate surface area is 142 Å². The molecule has 1 atom stereocenters. The molecule has 116 valence electrons. The van der Waals surface area contributed by atoms with E-state index in [1.165, 1.54) is 16.9 Å². The molecule has 3 nitrogen and oxygen atoms in total. The molecule has 22 heavy (non-hydrogen) atoms. The number of hydrogen-bond donors (Lipinski definition) is 0. The van der Waals surface area contributed by atoms with Crippen LogP contribution in [0, 0.1) is 0 Å². The Bertz CT molecular complexity index is 666. The highest BCUT2D eigenvalue weighted by Crippen LogP contribution is 2.33. The lowest BCUT2D eigenvalue weighted by Crippen LogP contribution is -2.30. The molecule has 1 saturated heterocycles. The van der Waals surface area contributed by atoms with Crippen molar-refractivity contribution in [1.82, 2.24) is 4.90 Å². The molecule has 0 N–H and O–H groups in total. The van der Waals surface area contributed by atoms with E-state index in [-0.39, 0.29) is 30.6 Å². The van der Waals surface area contributed by atoms with Gasteiger partial charge in [-0.25, -0.2) is 0 Å². The number of carbonyl (C=O) groups excluding carboxylic acids is 2. The lowest BCUT2D eigenvalue weighted by molar-refractivity contribution is -0.132. The first-order valence-corrected chi connectivity index (χ1v) is 9.39. The van der Waals surface area contributed by atoms with Gasteiger partial charge < -0.3 is 4.90 Å². The van der Waals surface area contributed by atoms with Gasteiger partial charge in [-0.05, 0) is 47.4 Å². The molecule has 1 unspecified atom stereocenters. The van der Waals surface area contributed by atoms with Crippen LogP contribution in [0.1, 0.15) is 47.0 Å². The number of halogens is 1. The van der Waals surface area contributed by atoms with E-state index in [9.17, 15) is 9.59 Å². The van der Waals surface area contributed by atoms with E-state index in [2.05, 4.69) is 11.4 Å². The summed E-state index contributed by atoms with van der Waals surface area (Å²) in [4.78, 5) is 27.1. The number of nitrogens with zero attached hydrogens (tertiary/aromatic N) is 1. The van der Waals surface area contributed by atoms with Gasteiger partial charge in [-0.2, -0.15) is 11.3 Å². The third-order valence-electron chi connectivity index (χ3n) is 3.92. The predicted octanol–water partition coefficient (Wildman–Crippen LogP) is 4.79. The summed E-state index contributed by atoms with van der Waals surface area (Å²) in [7, 11) is 0. The Morgan fingerprint density at radius 1 is 1.27 bits per heavy atom. The molecule has 1 aliphatic heterocycles. The molecule has 0 aromatic carbocycles. The average molecular weight is 354 g/mol. The zero-order valence-electron chi connectivity index (χ0n) is 12.0. The topological polar surface area (TPSA) is 37.4 Å². The molecule has 0 bridgehead atoms. The molecule has 1 amide bonds. The van der Waals surface area contributed by atoms with Gasteiger partial charge in [0.15, 0.2) is 5.78 Å². The molecule has 2 aromatic rings. The lowest BCUT2D eigenvalue weighted by atomic mass is 10.1. The lowest BCUT2D eigenvalue weighted by Gasteiger charge is -2.24. The molecule has 3 heterocycles. The van der Waals surface area contributed by atoms with Crippen LogP contribution in [0.4, 0.5) is 0 Å². The van der Waals surface area contributed by atoms with Gasteiger partial charge in [0.05, 0.1) is 15.3 Å². The Morgan fingerprint density at radius 3 is 2.82 bits per heavy atom. The number of thiophene rings is 2.